The Hall–Kier alpha value is -1.96. The fourth-order valence-corrected chi connectivity index (χ4v) is 3.59. The molecule has 144 valence electrons. The number of aliphatic hydroxyl groups is 1. The summed E-state index contributed by atoms with van der Waals surface area (Å²) in [7, 11) is 1.53. The highest BCUT2D eigenvalue weighted by atomic mass is 16.5. The van der Waals surface area contributed by atoms with Crippen LogP contribution in [0.15, 0.2) is 30.3 Å². The quantitative estimate of drug-likeness (QED) is 0.592. The molecule has 0 aromatic heterocycles. The van der Waals surface area contributed by atoms with Gasteiger partial charge in [-0.2, -0.15) is 0 Å². The van der Waals surface area contributed by atoms with E-state index in [1.165, 1.54) is 12.0 Å². The third-order valence-corrected chi connectivity index (χ3v) is 5.19. The van der Waals surface area contributed by atoms with Crippen molar-refractivity contribution in [3.05, 3.63) is 35.9 Å². The van der Waals surface area contributed by atoms with E-state index in [2.05, 4.69) is 5.32 Å². The van der Waals surface area contributed by atoms with Crippen LogP contribution in [0.5, 0.6) is 0 Å². The van der Waals surface area contributed by atoms with Crippen LogP contribution >= 0.6 is 0 Å². The van der Waals surface area contributed by atoms with Gasteiger partial charge in [0.1, 0.15) is 0 Å². The molecule has 0 saturated carbocycles. The van der Waals surface area contributed by atoms with Crippen LogP contribution in [-0.2, 0) is 14.3 Å². The zero-order chi connectivity index (χ0) is 19.3. The third-order valence-electron chi connectivity index (χ3n) is 5.19. The number of hydrogen-bond acceptors (Lipinski definition) is 5. The Morgan fingerprint density at radius 2 is 2.00 bits per heavy atom. The number of amides is 2. The van der Waals surface area contributed by atoms with E-state index in [4.69, 9.17) is 10.5 Å². The molecule has 1 heterocycles. The molecule has 2 rings (SSSR count). The van der Waals surface area contributed by atoms with Crippen molar-refractivity contribution in [1.29, 1.82) is 0 Å². The maximum Gasteiger partial charge on any atom is 0.225 e. The van der Waals surface area contributed by atoms with Gasteiger partial charge < -0.3 is 25.8 Å². The highest BCUT2D eigenvalue weighted by Gasteiger charge is 2.40. The van der Waals surface area contributed by atoms with Gasteiger partial charge in [-0.05, 0) is 25.3 Å². The Kier molecular flexibility index (Phi) is 7.14. The minimum absolute atomic E-state index is 0.231. The number of benzene rings is 1. The third kappa shape index (κ3) is 4.41. The molecule has 1 aromatic carbocycles. The molecule has 7 nitrogen and oxygen atoms in total. The zero-order valence-electron chi connectivity index (χ0n) is 15.5. The van der Waals surface area contributed by atoms with E-state index >= 15 is 0 Å². The first-order valence-corrected chi connectivity index (χ1v) is 8.95. The lowest BCUT2D eigenvalue weighted by Gasteiger charge is -2.33. The van der Waals surface area contributed by atoms with Crippen molar-refractivity contribution in [2.45, 2.75) is 57.1 Å². The van der Waals surface area contributed by atoms with Gasteiger partial charge in [-0.15, -0.1) is 0 Å². The van der Waals surface area contributed by atoms with Gasteiger partial charge in [-0.3, -0.25) is 9.59 Å². The zero-order valence-corrected chi connectivity index (χ0v) is 15.5. The maximum absolute atomic E-state index is 12.7. The lowest BCUT2D eigenvalue weighted by atomic mass is 9.94. The van der Waals surface area contributed by atoms with E-state index in [1.54, 1.807) is 13.8 Å². The number of carbonyl (C=O) groups excluding carboxylic acids is 2. The Bertz CT molecular complexity index is 598. The predicted molar refractivity (Wildman–Crippen MR) is 97.9 cm³/mol. The van der Waals surface area contributed by atoms with E-state index in [-0.39, 0.29) is 18.1 Å². The fraction of sp³-hybridized carbons (Fsp3) is 0.579. The molecule has 0 radical (unpaired) electrons. The summed E-state index contributed by atoms with van der Waals surface area (Å²) in [6.07, 6.45) is 0.485. The average Bonchev–Trinajstić information content (AvgIpc) is 3.02. The number of nitrogens with zero attached hydrogens (tertiary/aromatic N) is 1. The molecule has 4 N–H and O–H groups in total. The second-order valence-corrected chi connectivity index (χ2v) is 6.91. The van der Waals surface area contributed by atoms with Crippen molar-refractivity contribution in [3.63, 3.8) is 0 Å². The normalized spacial score (nSPS) is 24.6. The van der Waals surface area contributed by atoms with Crippen molar-refractivity contribution in [3.8, 4) is 0 Å². The number of ether oxygens (including phenoxy) is 1. The lowest BCUT2D eigenvalue weighted by Crippen LogP contribution is -2.52. The van der Waals surface area contributed by atoms with Crippen molar-refractivity contribution in [2.75, 3.05) is 7.11 Å². The second-order valence-electron chi connectivity index (χ2n) is 6.91. The van der Waals surface area contributed by atoms with E-state index in [0.717, 1.165) is 12.0 Å². The molecular weight excluding hydrogens is 334 g/mol. The molecule has 7 heteroatoms. The Labute approximate surface area is 154 Å². The van der Waals surface area contributed by atoms with Gasteiger partial charge in [-0.25, -0.2) is 0 Å². The van der Waals surface area contributed by atoms with Crippen molar-refractivity contribution in [2.24, 2.45) is 11.7 Å². The Morgan fingerprint density at radius 3 is 2.58 bits per heavy atom. The minimum atomic E-state index is -0.806. The topological polar surface area (TPSA) is 105 Å². The van der Waals surface area contributed by atoms with E-state index in [9.17, 15) is 14.7 Å². The van der Waals surface area contributed by atoms with Crippen LogP contribution < -0.4 is 11.1 Å². The van der Waals surface area contributed by atoms with Gasteiger partial charge in [0.2, 0.25) is 12.3 Å². The number of nitrogens with two attached hydrogens (primary N) is 1. The molecule has 6 unspecified atom stereocenters. The number of aliphatic hydroxyl groups excluding tert-OH is 1. The smallest absolute Gasteiger partial charge is 0.225 e. The second kappa shape index (κ2) is 9.12. The van der Waals surface area contributed by atoms with E-state index in [1.807, 2.05) is 30.3 Å². The summed E-state index contributed by atoms with van der Waals surface area (Å²) in [5.74, 6) is -0.728. The Morgan fingerprint density at radius 1 is 1.35 bits per heavy atom. The van der Waals surface area contributed by atoms with Crippen molar-refractivity contribution in [1.82, 2.24) is 10.2 Å². The van der Waals surface area contributed by atoms with Crippen LogP contribution in [0.2, 0.25) is 0 Å². The van der Waals surface area contributed by atoms with Gasteiger partial charge in [0.05, 0.1) is 36.4 Å². The van der Waals surface area contributed by atoms with Crippen molar-refractivity contribution < 1.29 is 19.4 Å². The molecule has 1 aliphatic rings. The average molecular weight is 363 g/mol. The summed E-state index contributed by atoms with van der Waals surface area (Å²) in [6, 6.07) is 8.49. The summed E-state index contributed by atoms with van der Waals surface area (Å²) in [6.45, 7) is 3.52. The van der Waals surface area contributed by atoms with E-state index < -0.39 is 24.2 Å². The standard InChI is InChI=1S/C19H29N3O4/c1-12(18(26-3)15-9-10-16(20)22(15)11-23)19(25)21-13(2)17(24)14-7-5-4-6-8-14/h4-8,11-13,15-18,24H,9-10,20H2,1-3H3,(H,21,25). The van der Waals surface area contributed by atoms with Gasteiger partial charge in [0.15, 0.2) is 0 Å². The number of rotatable bonds is 8. The molecule has 0 aliphatic carbocycles. The first-order chi connectivity index (χ1) is 12.4. The fourth-order valence-electron chi connectivity index (χ4n) is 3.59. The molecule has 1 saturated heterocycles. The number of carbonyl (C=O) groups is 2. The van der Waals surface area contributed by atoms with Crippen LogP contribution in [-0.4, -0.2) is 53.8 Å². The van der Waals surface area contributed by atoms with Crippen LogP contribution in [0.3, 0.4) is 0 Å². The number of nitrogens with one attached hydrogen (secondary N) is 1. The first kappa shape index (κ1) is 20.4. The summed E-state index contributed by atoms with van der Waals surface area (Å²) in [4.78, 5) is 25.5. The molecule has 1 aromatic rings. The van der Waals surface area contributed by atoms with Crippen LogP contribution in [0.4, 0.5) is 0 Å². The maximum atomic E-state index is 12.7. The summed E-state index contributed by atoms with van der Waals surface area (Å²) >= 11 is 0. The number of hydrogen-bond donors (Lipinski definition) is 3. The SMILES string of the molecule is COC(C(C)C(=O)NC(C)C(O)c1ccccc1)C1CCC(N)N1C=O. The number of likely N-dealkylation sites (tertiary alicyclic amines) is 1. The molecule has 0 spiro atoms. The summed E-state index contributed by atoms with van der Waals surface area (Å²) < 4.78 is 5.54. The van der Waals surface area contributed by atoms with E-state index in [0.29, 0.717) is 12.8 Å². The molecule has 2 amide bonds. The van der Waals surface area contributed by atoms with Crippen molar-refractivity contribution >= 4 is 12.3 Å². The highest BCUT2D eigenvalue weighted by molar-refractivity contribution is 5.79. The summed E-state index contributed by atoms with van der Waals surface area (Å²) in [5.41, 5.74) is 6.68. The van der Waals surface area contributed by atoms with Gasteiger partial charge >= 0.3 is 0 Å². The largest absolute Gasteiger partial charge is 0.386 e. The molecule has 0 bridgehead atoms. The van der Waals surface area contributed by atoms with Crippen LogP contribution in [0.1, 0.15) is 38.4 Å². The number of methoxy groups -OCH3 is 1. The molecule has 1 aliphatic heterocycles. The molecule has 26 heavy (non-hydrogen) atoms. The van der Waals surface area contributed by atoms with Gasteiger partial charge in [-0.1, -0.05) is 37.3 Å². The first-order valence-electron chi connectivity index (χ1n) is 8.95. The molecular formula is C19H29N3O4. The van der Waals surface area contributed by atoms with Crippen LogP contribution in [0, 0.1) is 5.92 Å². The monoisotopic (exact) mass is 363 g/mol. The van der Waals surface area contributed by atoms with Gasteiger partial charge in [0, 0.05) is 7.11 Å². The van der Waals surface area contributed by atoms with Crippen LogP contribution in [0.25, 0.3) is 0 Å². The molecule has 6 atom stereocenters. The highest BCUT2D eigenvalue weighted by Crippen LogP contribution is 2.27. The summed E-state index contributed by atoms with van der Waals surface area (Å²) in [5, 5.41) is 13.3. The lowest BCUT2D eigenvalue weighted by molar-refractivity contribution is -0.135. The van der Waals surface area contributed by atoms with Gasteiger partial charge in [0.25, 0.3) is 0 Å². The Balaban J connectivity index is 2.02. The minimum Gasteiger partial charge on any atom is -0.386 e. The molecule has 1 fully saturated rings. The predicted octanol–water partition coefficient (Wildman–Crippen LogP) is 0.781.